The molecule has 0 saturated heterocycles. The number of pyridine rings is 1. The van der Waals surface area contributed by atoms with Crippen LogP contribution in [0.15, 0.2) is 42.5 Å². The molecular formula is C17H19ClN2O. The first-order chi connectivity index (χ1) is 9.97. The van der Waals surface area contributed by atoms with Gasteiger partial charge in [0.15, 0.2) is 0 Å². The van der Waals surface area contributed by atoms with Gasteiger partial charge >= 0.3 is 0 Å². The van der Waals surface area contributed by atoms with Gasteiger partial charge in [0.05, 0.1) is 0 Å². The Morgan fingerprint density at radius 1 is 1.19 bits per heavy atom. The summed E-state index contributed by atoms with van der Waals surface area (Å²) in [5.74, 6) is 0.375. The van der Waals surface area contributed by atoms with Crippen molar-refractivity contribution in [3.05, 3.63) is 64.4 Å². The van der Waals surface area contributed by atoms with Gasteiger partial charge in [0.1, 0.15) is 10.8 Å². The van der Waals surface area contributed by atoms with E-state index in [1.54, 1.807) is 30.1 Å². The van der Waals surface area contributed by atoms with E-state index < -0.39 is 0 Å². The van der Waals surface area contributed by atoms with Crippen LogP contribution in [0.5, 0.6) is 0 Å². The lowest BCUT2D eigenvalue weighted by molar-refractivity contribution is 0.0779. The largest absolute Gasteiger partial charge is 0.336 e. The Labute approximate surface area is 130 Å². The van der Waals surface area contributed by atoms with E-state index in [2.05, 4.69) is 43.1 Å². The molecule has 0 aliphatic carbocycles. The highest BCUT2D eigenvalue weighted by atomic mass is 35.5. The topological polar surface area (TPSA) is 33.2 Å². The van der Waals surface area contributed by atoms with Crippen molar-refractivity contribution in [1.82, 2.24) is 9.88 Å². The smallest absolute Gasteiger partial charge is 0.272 e. The number of benzene rings is 1. The third-order valence-corrected chi connectivity index (χ3v) is 3.56. The molecule has 0 unspecified atom stereocenters. The molecular weight excluding hydrogens is 284 g/mol. The lowest BCUT2D eigenvalue weighted by atomic mass is 10.0. The van der Waals surface area contributed by atoms with Gasteiger partial charge < -0.3 is 4.90 Å². The SMILES string of the molecule is CC(C)c1ccc(CN(C)C(=O)c2cccc(Cl)n2)cc1. The van der Waals surface area contributed by atoms with E-state index in [-0.39, 0.29) is 5.91 Å². The van der Waals surface area contributed by atoms with Crippen molar-refractivity contribution in [3.63, 3.8) is 0 Å². The molecule has 4 heteroatoms. The fourth-order valence-corrected chi connectivity index (χ4v) is 2.24. The first-order valence-corrected chi connectivity index (χ1v) is 7.32. The summed E-state index contributed by atoms with van der Waals surface area (Å²) in [6.45, 7) is 4.87. The van der Waals surface area contributed by atoms with Gasteiger partial charge in [0, 0.05) is 13.6 Å². The van der Waals surface area contributed by atoms with Gasteiger partial charge in [0.2, 0.25) is 0 Å². The normalized spacial score (nSPS) is 10.7. The van der Waals surface area contributed by atoms with Crippen LogP contribution in [0.4, 0.5) is 0 Å². The predicted molar refractivity (Wildman–Crippen MR) is 85.6 cm³/mol. The highest BCUT2D eigenvalue weighted by Crippen LogP contribution is 2.16. The van der Waals surface area contributed by atoms with Crippen LogP contribution in [0.3, 0.4) is 0 Å². The fraction of sp³-hybridized carbons (Fsp3) is 0.294. The maximum absolute atomic E-state index is 12.3. The lowest BCUT2D eigenvalue weighted by Crippen LogP contribution is -2.27. The van der Waals surface area contributed by atoms with Crippen LogP contribution in [0, 0.1) is 0 Å². The molecule has 21 heavy (non-hydrogen) atoms. The van der Waals surface area contributed by atoms with Crippen LogP contribution in [-0.4, -0.2) is 22.8 Å². The van der Waals surface area contributed by atoms with Gasteiger partial charge in [0.25, 0.3) is 5.91 Å². The van der Waals surface area contributed by atoms with E-state index in [1.807, 2.05) is 0 Å². The Morgan fingerprint density at radius 2 is 1.86 bits per heavy atom. The highest BCUT2D eigenvalue weighted by Gasteiger charge is 2.13. The molecule has 1 amide bonds. The molecule has 0 aliphatic heterocycles. The molecule has 0 spiro atoms. The first kappa shape index (κ1) is 15.5. The minimum atomic E-state index is -0.134. The Balaban J connectivity index is 2.07. The number of carbonyl (C=O) groups is 1. The van der Waals surface area contributed by atoms with Gasteiger partial charge in [-0.2, -0.15) is 0 Å². The maximum Gasteiger partial charge on any atom is 0.272 e. The molecule has 0 saturated carbocycles. The van der Waals surface area contributed by atoms with Gasteiger partial charge in [-0.05, 0) is 29.2 Å². The molecule has 0 fully saturated rings. The van der Waals surface area contributed by atoms with Crippen molar-refractivity contribution in [3.8, 4) is 0 Å². The number of rotatable bonds is 4. The van der Waals surface area contributed by atoms with Crippen LogP contribution < -0.4 is 0 Å². The van der Waals surface area contributed by atoms with E-state index in [9.17, 15) is 4.79 Å². The third-order valence-electron chi connectivity index (χ3n) is 3.35. The quantitative estimate of drug-likeness (QED) is 0.796. The Kier molecular flexibility index (Phi) is 4.97. The summed E-state index contributed by atoms with van der Waals surface area (Å²) in [7, 11) is 1.77. The molecule has 0 bridgehead atoms. The lowest BCUT2D eigenvalue weighted by Gasteiger charge is -2.17. The van der Waals surface area contributed by atoms with Crippen molar-refractivity contribution < 1.29 is 4.79 Å². The summed E-state index contributed by atoms with van der Waals surface area (Å²) in [6.07, 6.45) is 0. The van der Waals surface area contributed by atoms with Crippen molar-refractivity contribution in [2.75, 3.05) is 7.05 Å². The minimum absolute atomic E-state index is 0.134. The van der Waals surface area contributed by atoms with Crippen LogP contribution in [0.1, 0.15) is 41.4 Å². The Morgan fingerprint density at radius 3 is 2.43 bits per heavy atom. The zero-order chi connectivity index (χ0) is 15.4. The van der Waals surface area contributed by atoms with Crippen LogP contribution in [0.25, 0.3) is 0 Å². The number of amides is 1. The summed E-state index contributed by atoms with van der Waals surface area (Å²) < 4.78 is 0. The monoisotopic (exact) mass is 302 g/mol. The molecule has 1 aromatic carbocycles. The minimum Gasteiger partial charge on any atom is -0.336 e. The van der Waals surface area contributed by atoms with E-state index in [1.165, 1.54) is 5.56 Å². The van der Waals surface area contributed by atoms with E-state index in [4.69, 9.17) is 11.6 Å². The molecule has 1 aromatic heterocycles. The highest BCUT2D eigenvalue weighted by molar-refractivity contribution is 6.29. The summed E-state index contributed by atoms with van der Waals surface area (Å²) >= 11 is 5.82. The van der Waals surface area contributed by atoms with Gasteiger partial charge in [-0.25, -0.2) is 4.98 Å². The number of carbonyl (C=O) groups excluding carboxylic acids is 1. The maximum atomic E-state index is 12.3. The number of nitrogens with zero attached hydrogens (tertiary/aromatic N) is 2. The predicted octanol–water partition coefficient (Wildman–Crippen LogP) is 4.13. The standard InChI is InChI=1S/C17H19ClN2O/c1-12(2)14-9-7-13(8-10-14)11-20(3)17(21)15-5-4-6-16(18)19-15/h4-10,12H,11H2,1-3H3. The van der Waals surface area contributed by atoms with Crippen LogP contribution in [-0.2, 0) is 6.54 Å². The Hall–Kier alpha value is -1.87. The van der Waals surface area contributed by atoms with Crippen molar-refractivity contribution >= 4 is 17.5 Å². The molecule has 0 radical (unpaired) electrons. The van der Waals surface area contributed by atoms with Gasteiger partial charge in [-0.15, -0.1) is 0 Å². The van der Waals surface area contributed by atoms with Crippen molar-refractivity contribution in [2.24, 2.45) is 0 Å². The first-order valence-electron chi connectivity index (χ1n) is 6.94. The van der Waals surface area contributed by atoms with E-state index in [0.29, 0.717) is 23.3 Å². The average Bonchev–Trinajstić information content (AvgIpc) is 2.47. The van der Waals surface area contributed by atoms with Gasteiger partial charge in [-0.3, -0.25) is 4.79 Å². The molecule has 2 rings (SSSR count). The second-order valence-electron chi connectivity index (χ2n) is 5.40. The van der Waals surface area contributed by atoms with Crippen molar-refractivity contribution in [2.45, 2.75) is 26.3 Å². The molecule has 0 N–H and O–H groups in total. The second-order valence-corrected chi connectivity index (χ2v) is 5.79. The molecule has 110 valence electrons. The van der Waals surface area contributed by atoms with E-state index >= 15 is 0 Å². The Bertz CT molecular complexity index is 623. The van der Waals surface area contributed by atoms with Gasteiger partial charge in [-0.1, -0.05) is 55.8 Å². The fourth-order valence-electron chi connectivity index (χ4n) is 2.08. The molecule has 3 nitrogen and oxygen atoms in total. The second kappa shape index (κ2) is 6.72. The molecule has 0 aliphatic rings. The summed E-state index contributed by atoms with van der Waals surface area (Å²) in [5.41, 5.74) is 2.75. The summed E-state index contributed by atoms with van der Waals surface area (Å²) in [6, 6.07) is 13.4. The van der Waals surface area contributed by atoms with E-state index in [0.717, 1.165) is 5.56 Å². The van der Waals surface area contributed by atoms with Crippen LogP contribution >= 0.6 is 11.6 Å². The molecule has 0 atom stereocenters. The number of hydrogen-bond donors (Lipinski definition) is 0. The zero-order valence-electron chi connectivity index (χ0n) is 12.5. The third kappa shape index (κ3) is 4.05. The summed E-state index contributed by atoms with van der Waals surface area (Å²) in [5, 5.41) is 0.329. The summed E-state index contributed by atoms with van der Waals surface area (Å²) in [4.78, 5) is 18.0. The molecule has 1 heterocycles. The number of halogens is 1. The number of aromatic nitrogens is 1. The zero-order valence-corrected chi connectivity index (χ0v) is 13.3. The average molecular weight is 303 g/mol. The van der Waals surface area contributed by atoms with Crippen molar-refractivity contribution in [1.29, 1.82) is 0 Å². The molecule has 2 aromatic rings. The number of hydrogen-bond acceptors (Lipinski definition) is 2. The van der Waals surface area contributed by atoms with Crippen LogP contribution in [0.2, 0.25) is 5.15 Å².